The number of nitrogens with zero attached hydrogens (tertiary/aromatic N) is 2. The maximum atomic E-state index is 16.2. The minimum absolute atomic E-state index is 0.139. The fourth-order valence-corrected chi connectivity index (χ4v) is 10.9. The molecular formula is C38H52Br2ClFN2S3. The lowest BCUT2D eigenvalue weighted by Gasteiger charge is -2.09. The van der Waals surface area contributed by atoms with Crippen molar-refractivity contribution in [2.75, 3.05) is 0 Å². The molecule has 2 nitrogen and oxygen atoms in total. The molecule has 3 aromatic heterocycles. The average Bonchev–Trinajstić information content (AvgIpc) is 3.78. The Balaban J connectivity index is 1.35. The van der Waals surface area contributed by atoms with Crippen LogP contribution in [0.4, 0.5) is 4.39 Å². The van der Waals surface area contributed by atoms with Crippen LogP contribution in [-0.4, -0.2) is 8.75 Å². The molecule has 260 valence electrons. The molecule has 0 saturated heterocycles. The average molecular weight is 847 g/mol. The molecule has 0 fully saturated rings. The first kappa shape index (κ1) is 39.4. The third-order valence-electron chi connectivity index (χ3n) is 9.20. The molecule has 0 atom stereocenters. The van der Waals surface area contributed by atoms with Crippen LogP contribution < -0.4 is 0 Å². The van der Waals surface area contributed by atoms with Crippen molar-refractivity contribution in [2.45, 2.75) is 155 Å². The van der Waals surface area contributed by atoms with Crippen LogP contribution in [-0.2, 0) is 12.8 Å². The molecule has 0 unspecified atom stereocenters. The summed E-state index contributed by atoms with van der Waals surface area (Å²) in [6.45, 7) is 4.54. The number of fused-ring (bicyclic) bond motifs is 1. The van der Waals surface area contributed by atoms with Crippen molar-refractivity contribution in [2.24, 2.45) is 0 Å². The first-order chi connectivity index (χ1) is 23.0. The molecule has 0 aliphatic rings. The number of aryl methyl sites for hydroxylation is 2. The van der Waals surface area contributed by atoms with Crippen molar-refractivity contribution in [3.63, 3.8) is 0 Å². The van der Waals surface area contributed by atoms with Gasteiger partial charge in [-0.2, -0.15) is 8.75 Å². The molecule has 4 aromatic rings. The van der Waals surface area contributed by atoms with E-state index in [1.165, 1.54) is 127 Å². The van der Waals surface area contributed by atoms with Gasteiger partial charge in [-0.1, -0.05) is 141 Å². The molecule has 0 saturated carbocycles. The summed E-state index contributed by atoms with van der Waals surface area (Å²) in [6, 6.07) is 4.30. The van der Waals surface area contributed by atoms with Gasteiger partial charge in [0, 0.05) is 15.3 Å². The highest BCUT2D eigenvalue weighted by atomic mass is 79.9. The van der Waals surface area contributed by atoms with E-state index in [1.54, 1.807) is 22.7 Å². The zero-order chi connectivity index (χ0) is 33.4. The molecule has 1 aromatic carbocycles. The number of benzene rings is 1. The van der Waals surface area contributed by atoms with Crippen molar-refractivity contribution in [1.29, 1.82) is 0 Å². The lowest BCUT2D eigenvalue weighted by Crippen LogP contribution is -1.92. The van der Waals surface area contributed by atoms with E-state index in [0.29, 0.717) is 22.2 Å². The zero-order valence-corrected chi connectivity index (χ0v) is 34.7. The minimum atomic E-state index is -0.401. The predicted octanol–water partition coefficient (Wildman–Crippen LogP) is 16.4. The van der Waals surface area contributed by atoms with Crippen LogP contribution in [0.15, 0.2) is 19.7 Å². The molecule has 4 rings (SSSR count). The van der Waals surface area contributed by atoms with E-state index >= 15 is 4.39 Å². The third kappa shape index (κ3) is 11.8. The van der Waals surface area contributed by atoms with Gasteiger partial charge in [-0.05, 0) is 80.8 Å². The molecule has 47 heavy (non-hydrogen) atoms. The second kappa shape index (κ2) is 21.8. The lowest BCUT2D eigenvalue weighted by molar-refractivity contribution is 0.556. The van der Waals surface area contributed by atoms with Gasteiger partial charge in [-0.25, -0.2) is 4.39 Å². The quantitative estimate of drug-likeness (QED) is 0.0657. The number of halogens is 4. The first-order valence-electron chi connectivity index (χ1n) is 18.2. The molecule has 0 bridgehead atoms. The summed E-state index contributed by atoms with van der Waals surface area (Å²) in [7, 11) is 0. The highest BCUT2D eigenvalue weighted by Crippen LogP contribution is 2.48. The summed E-state index contributed by atoms with van der Waals surface area (Å²) in [5.41, 5.74) is 4.93. The Morgan fingerprint density at radius 3 is 1.36 bits per heavy atom. The van der Waals surface area contributed by atoms with Crippen molar-refractivity contribution in [1.82, 2.24) is 8.75 Å². The molecule has 0 spiro atoms. The summed E-state index contributed by atoms with van der Waals surface area (Å²) in [5.74, 6) is -0.401. The molecule has 0 N–H and O–H groups in total. The number of rotatable bonds is 24. The van der Waals surface area contributed by atoms with Crippen LogP contribution in [0.25, 0.3) is 31.9 Å². The van der Waals surface area contributed by atoms with E-state index in [2.05, 4.69) is 66.6 Å². The Morgan fingerprint density at radius 1 is 0.574 bits per heavy atom. The van der Waals surface area contributed by atoms with E-state index in [-0.39, 0.29) is 5.02 Å². The van der Waals surface area contributed by atoms with E-state index in [9.17, 15) is 0 Å². The molecule has 9 heteroatoms. The number of hydrogen-bond donors (Lipinski definition) is 0. The minimum Gasteiger partial charge on any atom is -0.205 e. The van der Waals surface area contributed by atoms with Crippen molar-refractivity contribution in [3.8, 4) is 20.9 Å². The molecule has 0 aliphatic carbocycles. The van der Waals surface area contributed by atoms with E-state index in [1.807, 2.05) is 0 Å². The van der Waals surface area contributed by atoms with Gasteiger partial charge in [0.05, 0.1) is 29.9 Å². The first-order valence-corrected chi connectivity index (χ1v) is 22.5. The van der Waals surface area contributed by atoms with Crippen molar-refractivity contribution >= 4 is 88.9 Å². The van der Waals surface area contributed by atoms with Gasteiger partial charge in [-0.3, -0.25) is 0 Å². The fraction of sp³-hybridized carbons (Fsp3) is 0.632. The summed E-state index contributed by atoms with van der Waals surface area (Å²) in [5, 5.41) is 0.139. The molecule has 3 heterocycles. The van der Waals surface area contributed by atoms with Gasteiger partial charge in [0.15, 0.2) is 5.82 Å². The smallest absolute Gasteiger partial charge is 0.153 e. The zero-order valence-electron chi connectivity index (χ0n) is 28.3. The largest absolute Gasteiger partial charge is 0.205 e. The van der Waals surface area contributed by atoms with Gasteiger partial charge < -0.3 is 0 Å². The number of hydrogen-bond acceptors (Lipinski definition) is 5. The Bertz CT molecular complexity index is 1390. The van der Waals surface area contributed by atoms with Crippen molar-refractivity contribution < 1.29 is 4.39 Å². The Hall–Kier alpha value is -0.380. The van der Waals surface area contributed by atoms with Crippen LogP contribution in [0, 0.1) is 5.82 Å². The monoisotopic (exact) mass is 844 g/mol. The maximum Gasteiger partial charge on any atom is 0.153 e. The van der Waals surface area contributed by atoms with Gasteiger partial charge in [0.1, 0.15) is 11.0 Å². The van der Waals surface area contributed by atoms with Crippen LogP contribution in [0.2, 0.25) is 5.02 Å². The van der Waals surface area contributed by atoms with Gasteiger partial charge in [0.25, 0.3) is 0 Å². The summed E-state index contributed by atoms with van der Waals surface area (Å²) in [6.07, 6.45) is 28.4. The van der Waals surface area contributed by atoms with Crippen LogP contribution in [0.3, 0.4) is 0 Å². The van der Waals surface area contributed by atoms with E-state index < -0.39 is 5.82 Å². The number of unbranched alkanes of at least 4 members (excludes halogenated alkanes) is 18. The molecule has 0 radical (unpaired) electrons. The standard InChI is InChI=1S/C38H52Br2ClFN2S3/c1-3-5-7-9-11-13-15-17-19-21-23-27-25-29(45-37(27)39)31-33(41)34(42)32(36-35(31)43-47-44-36)30-26-28(38(40)46-30)24-22-20-18-16-14-12-10-8-6-4-2/h25-26H,3-24H2,1-2H3. The normalized spacial score (nSPS) is 11.8. The van der Waals surface area contributed by atoms with Crippen molar-refractivity contribution in [3.05, 3.63) is 41.7 Å². The third-order valence-corrected chi connectivity index (χ3v) is 14.0. The van der Waals surface area contributed by atoms with E-state index in [4.69, 9.17) is 11.6 Å². The number of aromatic nitrogens is 2. The second-order valence-corrected chi connectivity index (χ2v) is 18.7. The summed E-state index contributed by atoms with van der Waals surface area (Å²) >= 11 is 18.7. The SMILES string of the molecule is CCCCCCCCCCCCc1cc(-c2c(F)c(Cl)c(-c3cc(CCCCCCCCCCCC)c(Br)s3)c3nsnc23)sc1Br. The summed E-state index contributed by atoms with van der Waals surface area (Å²) in [4.78, 5) is 1.80. The summed E-state index contributed by atoms with van der Waals surface area (Å²) < 4.78 is 27.7. The van der Waals surface area contributed by atoms with Crippen LogP contribution in [0.5, 0.6) is 0 Å². The highest BCUT2D eigenvalue weighted by molar-refractivity contribution is 9.11. The Kier molecular flexibility index (Phi) is 18.2. The molecule has 0 aliphatic heterocycles. The van der Waals surface area contributed by atoms with Gasteiger partial charge in [0.2, 0.25) is 0 Å². The van der Waals surface area contributed by atoms with Crippen LogP contribution in [0.1, 0.15) is 153 Å². The highest BCUT2D eigenvalue weighted by Gasteiger charge is 2.26. The molecule has 0 amide bonds. The van der Waals surface area contributed by atoms with E-state index in [0.717, 1.165) is 54.7 Å². The van der Waals surface area contributed by atoms with Gasteiger partial charge >= 0.3 is 0 Å². The maximum absolute atomic E-state index is 16.2. The topological polar surface area (TPSA) is 25.8 Å². The van der Waals surface area contributed by atoms with Gasteiger partial charge in [-0.15, -0.1) is 22.7 Å². The second-order valence-electron chi connectivity index (χ2n) is 13.0. The number of thiophene rings is 2. The Labute approximate surface area is 317 Å². The fourth-order valence-electron chi connectivity index (χ4n) is 6.40. The lowest BCUT2D eigenvalue weighted by atomic mass is 10.0. The Morgan fingerprint density at radius 2 is 0.936 bits per heavy atom. The van der Waals surface area contributed by atoms with Crippen LogP contribution >= 0.6 is 77.9 Å². The molecular weight excluding hydrogens is 795 g/mol. The predicted molar refractivity (Wildman–Crippen MR) is 216 cm³/mol.